The van der Waals surface area contributed by atoms with E-state index in [0.717, 1.165) is 12.8 Å². The van der Waals surface area contributed by atoms with Gasteiger partial charge >= 0.3 is 5.97 Å². The van der Waals surface area contributed by atoms with Gasteiger partial charge in [0.25, 0.3) is 5.69 Å². The molecule has 0 amide bonds. The van der Waals surface area contributed by atoms with Crippen molar-refractivity contribution in [2.45, 2.75) is 39.5 Å². The molecule has 0 aliphatic heterocycles. The van der Waals surface area contributed by atoms with Crippen LogP contribution in [0.3, 0.4) is 0 Å². The van der Waals surface area contributed by atoms with Crippen LogP contribution in [0.4, 0.5) is 10.1 Å². The Morgan fingerprint density at radius 3 is 2.67 bits per heavy atom. The molecular formula is C23H22BrClFN3O4. The van der Waals surface area contributed by atoms with Crippen LogP contribution in [-0.2, 0) is 17.6 Å². The Bertz CT molecular complexity index is 1200. The fourth-order valence-electron chi connectivity index (χ4n) is 3.44. The zero-order valence-electron chi connectivity index (χ0n) is 18.1. The van der Waals surface area contributed by atoms with Gasteiger partial charge in [-0.25, -0.2) is 13.9 Å². The number of aryl methyl sites for hydroxylation is 1. The molecule has 0 radical (unpaired) electrons. The Morgan fingerprint density at radius 1 is 1.27 bits per heavy atom. The quantitative estimate of drug-likeness (QED) is 0.178. The van der Waals surface area contributed by atoms with E-state index in [1.165, 1.54) is 28.9 Å². The lowest BCUT2D eigenvalue weighted by Crippen LogP contribution is -2.15. The number of benzene rings is 2. The predicted octanol–water partition coefficient (Wildman–Crippen LogP) is 6.45. The monoisotopic (exact) mass is 537 g/mol. The number of non-ortho nitro benzene ring substituents is 1. The highest BCUT2D eigenvalue weighted by Crippen LogP contribution is 2.31. The smallest absolute Gasteiger partial charge is 0.357 e. The number of nitro groups is 1. The lowest BCUT2D eigenvalue weighted by molar-refractivity contribution is -0.384. The highest BCUT2D eigenvalue weighted by atomic mass is 79.9. The molecule has 0 spiro atoms. The van der Waals surface area contributed by atoms with Crippen LogP contribution in [0.1, 0.15) is 54.0 Å². The van der Waals surface area contributed by atoms with Gasteiger partial charge in [0.15, 0.2) is 5.69 Å². The second-order valence-electron chi connectivity index (χ2n) is 7.32. The molecule has 0 saturated heterocycles. The molecule has 0 N–H and O–H groups in total. The number of nitrogens with zero attached hydrogens (tertiary/aromatic N) is 3. The van der Waals surface area contributed by atoms with Gasteiger partial charge in [-0.2, -0.15) is 5.10 Å². The van der Waals surface area contributed by atoms with Gasteiger partial charge in [0.05, 0.1) is 27.9 Å². The second-order valence-corrected chi connectivity index (χ2v) is 8.64. The molecule has 2 aromatic carbocycles. The van der Waals surface area contributed by atoms with E-state index in [0.29, 0.717) is 27.7 Å². The van der Waals surface area contributed by atoms with Crippen LogP contribution in [-0.4, -0.2) is 27.3 Å². The molecule has 174 valence electrons. The van der Waals surface area contributed by atoms with Crippen molar-refractivity contribution in [2.75, 3.05) is 6.61 Å². The van der Waals surface area contributed by atoms with Crippen molar-refractivity contribution in [3.63, 3.8) is 0 Å². The first kappa shape index (κ1) is 24.9. The van der Waals surface area contributed by atoms with E-state index < -0.39 is 16.7 Å². The largest absolute Gasteiger partial charge is 0.461 e. The number of hydrogen-bond donors (Lipinski definition) is 0. The third-order valence-electron chi connectivity index (χ3n) is 5.05. The van der Waals surface area contributed by atoms with E-state index >= 15 is 0 Å². The molecule has 33 heavy (non-hydrogen) atoms. The standard InChI is InChI=1S/C23H22BrClFN3O4/c1-3-5-6-20-17(11-14-7-8-15(24)12-19(14)26)22(23(30)33-4-2)28(27-20)21-13-16(29(31)32)9-10-18(21)25/h7-10,12-13H,3-6,11H2,1-2H3. The van der Waals surface area contributed by atoms with Crippen molar-refractivity contribution in [3.05, 3.63) is 84.3 Å². The Labute approximate surface area is 203 Å². The third-order valence-corrected chi connectivity index (χ3v) is 5.87. The Hall–Kier alpha value is -2.78. The number of unbranched alkanes of at least 4 members (excludes halogenated alkanes) is 1. The molecule has 0 aliphatic carbocycles. The van der Waals surface area contributed by atoms with Crippen LogP contribution in [0.25, 0.3) is 5.69 Å². The van der Waals surface area contributed by atoms with Crippen molar-refractivity contribution < 1.29 is 18.8 Å². The molecule has 1 heterocycles. The van der Waals surface area contributed by atoms with Gasteiger partial charge in [-0.15, -0.1) is 0 Å². The Balaban J connectivity index is 2.26. The van der Waals surface area contributed by atoms with Crippen molar-refractivity contribution in [1.82, 2.24) is 9.78 Å². The number of aromatic nitrogens is 2. The number of rotatable bonds is 9. The molecule has 0 saturated carbocycles. The predicted molar refractivity (Wildman–Crippen MR) is 127 cm³/mol. The molecule has 0 atom stereocenters. The van der Waals surface area contributed by atoms with E-state index in [2.05, 4.69) is 21.0 Å². The summed E-state index contributed by atoms with van der Waals surface area (Å²) < 4.78 is 21.8. The van der Waals surface area contributed by atoms with Crippen LogP contribution < -0.4 is 0 Å². The molecule has 7 nitrogen and oxygen atoms in total. The lowest BCUT2D eigenvalue weighted by atomic mass is 9.99. The SMILES string of the molecule is CCCCc1nn(-c2cc([N+](=O)[O-])ccc2Cl)c(C(=O)OCC)c1Cc1ccc(Br)cc1F. The van der Waals surface area contributed by atoms with E-state index in [-0.39, 0.29) is 35.1 Å². The summed E-state index contributed by atoms with van der Waals surface area (Å²) >= 11 is 9.61. The summed E-state index contributed by atoms with van der Waals surface area (Å²) in [4.78, 5) is 23.8. The number of ether oxygens (including phenoxy) is 1. The highest BCUT2D eigenvalue weighted by molar-refractivity contribution is 9.10. The first-order chi connectivity index (χ1) is 15.8. The second kappa shape index (κ2) is 10.9. The van der Waals surface area contributed by atoms with Gasteiger partial charge in [0.1, 0.15) is 5.82 Å². The summed E-state index contributed by atoms with van der Waals surface area (Å²) in [6.07, 6.45) is 2.30. The van der Waals surface area contributed by atoms with Crippen LogP contribution in [0.5, 0.6) is 0 Å². The van der Waals surface area contributed by atoms with Crippen LogP contribution in [0, 0.1) is 15.9 Å². The molecule has 0 aliphatic rings. The van der Waals surface area contributed by atoms with Gasteiger partial charge < -0.3 is 4.74 Å². The molecule has 0 fully saturated rings. The molecule has 0 bridgehead atoms. The Kier molecular flexibility index (Phi) is 8.20. The summed E-state index contributed by atoms with van der Waals surface area (Å²) in [5.41, 5.74) is 1.53. The highest BCUT2D eigenvalue weighted by Gasteiger charge is 2.28. The van der Waals surface area contributed by atoms with Crippen molar-refractivity contribution in [2.24, 2.45) is 0 Å². The average molecular weight is 539 g/mol. The zero-order chi connectivity index (χ0) is 24.1. The van der Waals surface area contributed by atoms with Gasteiger partial charge in [0.2, 0.25) is 0 Å². The van der Waals surface area contributed by atoms with Crippen LogP contribution in [0.15, 0.2) is 40.9 Å². The van der Waals surface area contributed by atoms with Crippen molar-refractivity contribution in [1.29, 1.82) is 0 Å². The fraction of sp³-hybridized carbons (Fsp3) is 0.304. The van der Waals surface area contributed by atoms with E-state index in [4.69, 9.17) is 16.3 Å². The van der Waals surface area contributed by atoms with Crippen LogP contribution in [0.2, 0.25) is 5.02 Å². The number of esters is 1. The summed E-state index contributed by atoms with van der Waals surface area (Å²) in [5.74, 6) is -1.09. The van der Waals surface area contributed by atoms with Crippen molar-refractivity contribution in [3.8, 4) is 5.69 Å². The van der Waals surface area contributed by atoms with Crippen molar-refractivity contribution >= 4 is 39.2 Å². The van der Waals surface area contributed by atoms with Gasteiger partial charge in [-0.1, -0.05) is 46.9 Å². The number of hydrogen-bond acceptors (Lipinski definition) is 5. The lowest BCUT2D eigenvalue weighted by Gasteiger charge is -2.11. The number of halogens is 3. The maximum Gasteiger partial charge on any atom is 0.357 e. The minimum Gasteiger partial charge on any atom is -0.461 e. The van der Waals surface area contributed by atoms with Gasteiger partial charge in [0, 0.05) is 28.6 Å². The minimum atomic E-state index is -0.664. The number of nitro benzene ring substituents is 1. The minimum absolute atomic E-state index is 0.0765. The van der Waals surface area contributed by atoms with E-state index in [1.54, 1.807) is 19.1 Å². The maximum absolute atomic E-state index is 14.7. The summed E-state index contributed by atoms with van der Waals surface area (Å²) in [6, 6.07) is 8.62. The number of carbonyl (C=O) groups is 1. The summed E-state index contributed by atoms with van der Waals surface area (Å²) in [7, 11) is 0. The fourth-order valence-corrected chi connectivity index (χ4v) is 3.97. The summed E-state index contributed by atoms with van der Waals surface area (Å²) in [5, 5.41) is 16.1. The molecule has 10 heteroatoms. The molecule has 1 aromatic heterocycles. The van der Waals surface area contributed by atoms with Crippen LogP contribution >= 0.6 is 27.5 Å². The molecule has 3 aromatic rings. The first-order valence-electron chi connectivity index (χ1n) is 10.4. The normalized spacial score (nSPS) is 10.9. The molecular weight excluding hydrogens is 517 g/mol. The first-order valence-corrected chi connectivity index (χ1v) is 11.6. The molecule has 3 rings (SSSR count). The number of carbonyl (C=O) groups excluding carboxylic acids is 1. The third kappa shape index (κ3) is 5.59. The van der Waals surface area contributed by atoms with Gasteiger partial charge in [-0.3, -0.25) is 10.1 Å². The zero-order valence-corrected chi connectivity index (χ0v) is 20.5. The topological polar surface area (TPSA) is 87.3 Å². The Morgan fingerprint density at radius 2 is 2.03 bits per heavy atom. The maximum atomic E-state index is 14.7. The van der Waals surface area contributed by atoms with E-state index in [9.17, 15) is 19.3 Å². The van der Waals surface area contributed by atoms with E-state index in [1.807, 2.05) is 6.92 Å². The van der Waals surface area contributed by atoms with Gasteiger partial charge in [-0.05, 0) is 43.5 Å². The molecule has 0 unspecified atom stereocenters. The average Bonchev–Trinajstić information content (AvgIpc) is 3.12. The summed E-state index contributed by atoms with van der Waals surface area (Å²) in [6.45, 7) is 3.81.